The van der Waals surface area contributed by atoms with Crippen LogP contribution in [0.5, 0.6) is 11.5 Å². The van der Waals surface area contributed by atoms with Crippen LogP contribution in [0.3, 0.4) is 0 Å². The van der Waals surface area contributed by atoms with Gasteiger partial charge in [0.15, 0.2) is 5.54 Å². The number of rotatable bonds is 9. The zero-order chi connectivity index (χ0) is 33.6. The molecule has 4 heterocycles. The Morgan fingerprint density at radius 1 is 0.958 bits per heavy atom. The maximum Gasteiger partial charge on any atom is 0.271 e. The summed E-state index contributed by atoms with van der Waals surface area (Å²) >= 11 is 13.3. The third kappa shape index (κ3) is 5.35. The summed E-state index contributed by atoms with van der Waals surface area (Å²) in [4.78, 5) is 24.2. The molecule has 11 nitrogen and oxygen atoms in total. The average molecular weight is 714 g/mol. The molecular formula is C34H34Cl2N4O7S. The molecule has 0 spiro atoms. The molecule has 3 aliphatic rings. The lowest BCUT2D eigenvalue weighted by molar-refractivity contribution is -0.127. The van der Waals surface area contributed by atoms with Gasteiger partial charge in [-0.25, -0.2) is 17.7 Å². The minimum absolute atomic E-state index is 0.0943. The zero-order valence-corrected chi connectivity index (χ0v) is 28.7. The number of methoxy groups -OCH3 is 2. The first-order chi connectivity index (χ1) is 23.2. The van der Waals surface area contributed by atoms with Crippen molar-refractivity contribution in [2.45, 2.75) is 35.9 Å². The summed E-state index contributed by atoms with van der Waals surface area (Å²) in [6, 6.07) is 14.2. The number of likely N-dealkylation sites (tertiary alicyclic amines) is 1. The quantitative estimate of drug-likeness (QED) is 0.216. The van der Waals surface area contributed by atoms with Gasteiger partial charge in [-0.05, 0) is 66.9 Å². The third-order valence-corrected chi connectivity index (χ3v) is 11.8. The number of anilines is 1. The first-order valence-corrected chi connectivity index (χ1v) is 17.8. The number of hydrogen-bond donors (Lipinski definition) is 0. The van der Waals surface area contributed by atoms with E-state index in [2.05, 4.69) is 9.88 Å². The van der Waals surface area contributed by atoms with Gasteiger partial charge in [0.25, 0.3) is 15.9 Å². The van der Waals surface area contributed by atoms with Crippen LogP contribution in [0.2, 0.25) is 10.0 Å². The van der Waals surface area contributed by atoms with Crippen LogP contribution in [-0.4, -0.2) is 76.2 Å². The van der Waals surface area contributed by atoms with Crippen molar-refractivity contribution >= 4 is 44.8 Å². The summed E-state index contributed by atoms with van der Waals surface area (Å²) in [5, 5.41) is 0.277. The van der Waals surface area contributed by atoms with E-state index in [9.17, 15) is 8.42 Å². The Morgan fingerprint density at radius 2 is 1.71 bits per heavy atom. The molecule has 3 aliphatic heterocycles. The number of ether oxygens (including phenoxy) is 3. The Labute approximate surface area is 288 Å². The Morgan fingerprint density at radius 3 is 2.40 bits per heavy atom. The number of sulfonamides is 1. The second-order valence-corrected chi connectivity index (χ2v) is 14.5. The van der Waals surface area contributed by atoms with E-state index in [1.807, 2.05) is 23.1 Å². The van der Waals surface area contributed by atoms with Crippen LogP contribution in [0, 0.1) is 0 Å². The minimum Gasteiger partial charge on any atom is -0.497 e. The standard InChI is InChI=1S/C34H34Cl2N4O7S/c1-44-23-6-8-24(9-7-23)48(42,43)40-30-20-28(36)27(35)19-25(30)34(33(40)41,39-12-3-4-29(39)32-37-11-15-47-32)26-18-22(5-10-31(26)45-2)21-38-13-16-46-17-14-38/h5-11,15,18-20,29H,3-4,12-14,16-17,21H2,1-2H3. The largest absolute Gasteiger partial charge is 0.497 e. The highest BCUT2D eigenvalue weighted by molar-refractivity contribution is 7.93. The van der Waals surface area contributed by atoms with E-state index in [4.69, 9.17) is 41.8 Å². The average Bonchev–Trinajstić information content (AvgIpc) is 3.85. The molecule has 14 heteroatoms. The molecule has 2 fully saturated rings. The summed E-state index contributed by atoms with van der Waals surface area (Å²) in [5.41, 5.74) is 0.129. The predicted octanol–water partition coefficient (Wildman–Crippen LogP) is 5.65. The van der Waals surface area contributed by atoms with Gasteiger partial charge < -0.3 is 18.6 Å². The number of halogens is 2. The van der Waals surface area contributed by atoms with E-state index in [1.165, 1.54) is 50.8 Å². The molecule has 0 aliphatic carbocycles. The molecule has 7 rings (SSSR count). The van der Waals surface area contributed by atoms with E-state index < -0.39 is 27.5 Å². The maximum absolute atomic E-state index is 15.6. The first kappa shape index (κ1) is 32.9. The van der Waals surface area contributed by atoms with Crippen molar-refractivity contribution in [3.8, 4) is 11.5 Å². The molecule has 0 bridgehead atoms. The van der Waals surface area contributed by atoms with Crippen LogP contribution in [-0.2, 0) is 31.6 Å². The van der Waals surface area contributed by atoms with Crippen molar-refractivity contribution < 1.29 is 31.8 Å². The number of aromatic nitrogens is 1. The fraction of sp³-hybridized carbons (Fsp3) is 0.353. The normalized spacial score (nSPS) is 21.9. The molecule has 2 atom stereocenters. The number of hydrogen-bond acceptors (Lipinski definition) is 10. The highest BCUT2D eigenvalue weighted by Gasteiger charge is 2.63. The second-order valence-electron chi connectivity index (χ2n) is 11.9. The van der Waals surface area contributed by atoms with Crippen LogP contribution in [0.4, 0.5) is 5.69 Å². The number of benzene rings is 3. The van der Waals surface area contributed by atoms with Crippen LogP contribution in [0.25, 0.3) is 0 Å². The van der Waals surface area contributed by atoms with Gasteiger partial charge in [0.1, 0.15) is 17.8 Å². The second kappa shape index (κ2) is 13.0. The van der Waals surface area contributed by atoms with E-state index in [-0.39, 0.29) is 20.6 Å². The van der Waals surface area contributed by atoms with E-state index in [0.29, 0.717) is 67.7 Å². The van der Waals surface area contributed by atoms with E-state index >= 15 is 4.79 Å². The highest BCUT2D eigenvalue weighted by atomic mass is 35.5. The fourth-order valence-electron chi connectivity index (χ4n) is 7.13. The van der Waals surface area contributed by atoms with Gasteiger partial charge in [0.05, 0.1) is 60.3 Å². The number of carbonyl (C=O) groups is 1. The van der Waals surface area contributed by atoms with Crippen molar-refractivity contribution in [2.75, 3.05) is 51.4 Å². The van der Waals surface area contributed by atoms with Crippen molar-refractivity contribution in [3.63, 3.8) is 0 Å². The molecule has 2 unspecified atom stereocenters. The summed E-state index contributed by atoms with van der Waals surface area (Å²) in [6.45, 7) is 3.79. The smallest absolute Gasteiger partial charge is 0.271 e. The SMILES string of the molecule is COc1ccc(S(=O)(=O)N2C(=O)C(c3cc(CN4CCOCC4)ccc3OC)(N3CCCC3c3ncco3)c3cc(Cl)c(Cl)cc32)cc1. The maximum atomic E-state index is 15.6. The van der Waals surface area contributed by atoms with Gasteiger partial charge in [-0.2, -0.15) is 0 Å². The van der Waals surface area contributed by atoms with Crippen LogP contribution in [0.15, 0.2) is 76.4 Å². The number of nitrogens with zero attached hydrogens (tertiary/aromatic N) is 4. The molecule has 0 radical (unpaired) electrons. The fourth-order valence-corrected chi connectivity index (χ4v) is 8.90. The lowest BCUT2D eigenvalue weighted by atomic mass is 9.80. The Hall–Kier alpha value is -3.65. The minimum atomic E-state index is -4.49. The molecule has 48 heavy (non-hydrogen) atoms. The molecule has 2 saturated heterocycles. The summed E-state index contributed by atoms with van der Waals surface area (Å²) < 4.78 is 52.7. The van der Waals surface area contributed by atoms with Crippen molar-refractivity contribution in [2.24, 2.45) is 0 Å². The van der Waals surface area contributed by atoms with Gasteiger partial charge >= 0.3 is 0 Å². The zero-order valence-electron chi connectivity index (χ0n) is 26.4. The number of carbonyl (C=O) groups excluding carboxylic acids is 1. The molecule has 252 valence electrons. The molecule has 4 aromatic rings. The number of oxazole rings is 1. The summed E-state index contributed by atoms with van der Waals surface area (Å²) in [7, 11) is -1.47. The molecule has 1 aromatic heterocycles. The molecule has 0 N–H and O–H groups in total. The monoisotopic (exact) mass is 712 g/mol. The molecule has 0 saturated carbocycles. The Balaban J connectivity index is 1.50. The highest BCUT2D eigenvalue weighted by Crippen LogP contribution is 2.57. The van der Waals surface area contributed by atoms with Crippen LogP contribution < -0.4 is 13.8 Å². The van der Waals surface area contributed by atoms with Gasteiger partial charge in [0.2, 0.25) is 5.89 Å². The number of amides is 1. The number of morpholine rings is 1. The molecule has 1 amide bonds. The third-order valence-electron chi connectivity index (χ3n) is 9.32. The Bertz CT molecular complexity index is 1940. The predicted molar refractivity (Wildman–Crippen MR) is 179 cm³/mol. The van der Waals surface area contributed by atoms with Crippen molar-refractivity contribution in [1.29, 1.82) is 0 Å². The van der Waals surface area contributed by atoms with Crippen LogP contribution in [0.1, 0.15) is 41.5 Å². The van der Waals surface area contributed by atoms with Gasteiger partial charge in [-0.3, -0.25) is 14.6 Å². The molecule has 3 aromatic carbocycles. The van der Waals surface area contributed by atoms with Crippen molar-refractivity contribution in [1.82, 2.24) is 14.8 Å². The lowest BCUT2D eigenvalue weighted by Crippen LogP contribution is -2.54. The van der Waals surface area contributed by atoms with Crippen LogP contribution >= 0.6 is 23.2 Å². The van der Waals surface area contributed by atoms with Crippen molar-refractivity contribution in [3.05, 3.63) is 99.7 Å². The topological polar surface area (TPSA) is 115 Å². The first-order valence-electron chi connectivity index (χ1n) is 15.6. The van der Waals surface area contributed by atoms with E-state index in [0.717, 1.165) is 23.0 Å². The van der Waals surface area contributed by atoms with Gasteiger partial charge in [-0.1, -0.05) is 29.3 Å². The number of fused-ring (bicyclic) bond motifs is 1. The summed E-state index contributed by atoms with van der Waals surface area (Å²) in [6.07, 6.45) is 4.36. The lowest BCUT2D eigenvalue weighted by Gasteiger charge is -2.41. The van der Waals surface area contributed by atoms with Gasteiger partial charge in [-0.15, -0.1) is 0 Å². The molecular weight excluding hydrogens is 679 g/mol. The van der Waals surface area contributed by atoms with Gasteiger partial charge in [0, 0.05) is 37.3 Å². The Kier molecular flexibility index (Phi) is 8.90. The summed E-state index contributed by atoms with van der Waals surface area (Å²) in [5.74, 6) is 0.583. The van der Waals surface area contributed by atoms with E-state index in [1.54, 1.807) is 12.3 Å².